The average Bonchev–Trinajstić information content (AvgIpc) is 3.00. The number of halogens is 1. The Kier molecular flexibility index (Phi) is 4.92. The molecule has 0 unspecified atom stereocenters. The molecule has 0 saturated carbocycles. The number of nitrogens with zero attached hydrogens (tertiary/aromatic N) is 4. The lowest BCUT2D eigenvalue weighted by Gasteiger charge is -2.04. The zero-order valence-corrected chi connectivity index (χ0v) is 14.2. The lowest BCUT2D eigenvalue weighted by atomic mass is 10.0. The second kappa shape index (κ2) is 7.30. The molecule has 0 spiro atoms. The summed E-state index contributed by atoms with van der Waals surface area (Å²) in [6.07, 6.45) is 6.69. The maximum absolute atomic E-state index is 12.6. The third kappa shape index (κ3) is 3.26. The fourth-order valence-electron chi connectivity index (χ4n) is 2.59. The lowest BCUT2D eigenvalue weighted by molar-refractivity contribution is 0.102. The minimum absolute atomic E-state index is 0. The van der Waals surface area contributed by atoms with Crippen molar-refractivity contribution in [1.29, 1.82) is 0 Å². The van der Waals surface area contributed by atoms with Crippen molar-refractivity contribution < 1.29 is 10.3 Å². The van der Waals surface area contributed by atoms with Gasteiger partial charge in [-0.2, -0.15) is 9.30 Å². The van der Waals surface area contributed by atoms with Crippen LogP contribution in [0, 0.1) is 0 Å². The Hall–Kier alpha value is -3.29. The van der Waals surface area contributed by atoms with Crippen molar-refractivity contribution in [2.24, 2.45) is 0 Å². The first-order valence-electron chi connectivity index (χ1n) is 7.53. The van der Waals surface area contributed by atoms with Crippen molar-refractivity contribution in [1.82, 2.24) is 19.3 Å². The Balaban J connectivity index is 0.00000196. The number of hydrogen-bond acceptors (Lipinski definition) is 4. The van der Waals surface area contributed by atoms with Gasteiger partial charge in [0.05, 0.1) is 5.52 Å². The predicted octanol–water partition coefficient (Wildman–Crippen LogP) is 2.92. The normalized spacial score (nSPS) is 10.3. The smallest absolute Gasteiger partial charge is 0.276 e. The topological polar surface area (TPSA) is 104 Å². The van der Waals surface area contributed by atoms with Crippen LogP contribution in [-0.4, -0.2) is 30.7 Å². The van der Waals surface area contributed by atoms with E-state index in [-0.39, 0.29) is 17.1 Å². The van der Waals surface area contributed by atoms with E-state index in [0.29, 0.717) is 16.6 Å². The molecule has 3 N–H and O–H groups in total. The molecule has 0 aliphatic rings. The summed E-state index contributed by atoms with van der Waals surface area (Å²) in [6.45, 7) is 0. The molecule has 130 valence electrons. The minimum Gasteiger partial charge on any atom is -0.412 e. The third-order valence-electron chi connectivity index (χ3n) is 3.79. The molecule has 4 rings (SSSR count). The lowest BCUT2D eigenvalue weighted by Crippen LogP contribution is -2.13. The summed E-state index contributed by atoms with van der Waals surface area (Å²) >= 11 is 6.13. The second-order valence-electron chi connectivity index (χ2n) is 5.37. The summed E-state index contributed by atoms with van der Waals surface area (Å²) < 4.78 is 1.18. The number of hydrogen-bond donors (Lipinski definition) is 1. The molecule has 4 aromatic rings. The SMILES string of the molecule is O.O=C(Nc1ccncc1)c1nn(Cl)c2ccc(-c3cccnc3)cc12. The van der Waals surface area contributed by atoms with Gasteiger partial charge in [-0.25, -0.2) is 0 Å². The molecule has 0 atom stereocenters. The van der Waals surface area contributed by atoms with Gasteiger partial charge in [0.15, 0.2) is 5.69 Å². The molecule has 0 radical (unpaired) electrons. The van der Waals surface area contributed by atoms with E-state index < -0.39 is 0 Å². The molecule has 7 nitrogen and oxygen atoms in total. The first-order chi connectivity index (χ1) is 12.2. The molecule has 3 heterocycles. The van der Waals surface area contributed by atoms with Crippen LogP contribution in [0.15, 0.2) is 67.3 Å². The molecule has 0 aliphatic heterocycles. The second-order valence-corrected chi connectivity index (χ2v) is 5.69. The van der Waals surface area contributed by atoms with Gasteiger partial charge in [0, 0.05) is 53.2 Å². The van der Waals surface area contributed by atoms with Crippen LogP contribution in [0.25, 0.3) is 22.0 Å². The van der Waals surface area contributed by atoms with Crippen LogP contribution >= 0.6 is 11.8 Å². The Morgan fingerprint density at radius 1 is 1.00 bits per heavy atom. The molecule has 1 amide bonds. The van der Waals surface area contributed by atoms with E-state index >= 15 is 0 Å². The van der Waals surface area contributed by atoms with Crippen LogP contribution in [0.2, 0.25) is 0 Å². The Morgan fingerprint density at radius 2 is 1.81 bits per heavy atom. The van der Waals surface area contributed by atoms with E-state index in [4.69, 9.17) is 11.8 Å². The van der Waals surface area contributed by atoms with E-state index in [1.54, 1.807) is 36.9 Å². The maximum Gasteiger partial charge on any atom is 0.276 e. The Labute approximate surface area is 153 Å². The van der Waals surface area contributed by atoms with Crippen LogP contribution in [0.4, 0.5) is 5.69 Å². The van der Waals surface area contributed by atoms with Gasteiger partial charge in [-0.15, -0.1) is 0 Å². The number of anilines is 1. The van der Waals surface area contributed by atoms with Crippen molar-refractivity contribution >= 4 is 34.3 Å². The van der Waals surface area contributed by atoms with Gasteiger partial charge in [-0.3, -0.25) is 14.8 Å². The molecule has 0 aliphatic carbocycles. The van der Waals surface area contributed by atoms with Crippen molar-refractivity contribution in [3.8, 4) is 11.1 Å². The van der Waals surface area contributed by atoms with E-state index in [2.05, 4.69) is 20.4 Å². The number of aromatic nitrogens is 4. The van der Waals surface area contributed by atoms with Crippen molar-refractivity contribution in [3.63, 3.8) is 0 Å². The molecular weight excluding hydrogens is 354 g/mol. The van der Waals surface area contributed by atoms with Gasteiger partial charge in [-0.05, 0) is 35.9 Å². The molecule has 1 aromatic carbocycles. The summed E-state index contributed by atoms with van der Waals surface area (Å²) in [7, 11) is 0. The van der Waals surface area contributed by atoms with Crippen LogP contribution in [0.1, 0.15) is 10.5 Å². The van der Waals surface area contributed by atoms with E-state index in [0.717, 1.165) is 11.1 Å². The number of fused-ring (bicyclic) bond motifs is 1. The van der Waals surface area contributed by atoms with E-state index in [1.165, 1.54) is 4.20 Å². The number of pyridine rings is 2. The maximum atomic E-state index is 12.6. The number of amides is 1. The minimum atomic E-state index is -0.334. The van der Waals surface area contributed by atoms with Crippen LogP contribution in [0.3, 0.4) is 0 Å². The Bertz CT molecular complexity index is 1050. The van der Waals surface area contributed by atoms with E-state index in [1.807, 2.05) is 30.3 Å². The van der Waals surface area contributed by atoms with Crippen molar-refractivity contribution in [2.45, 2.75) is 0 Å². The predicted molar refractivity (Wildman–Crippen MR) is 100 cm³/mol. The number of benzene rings is 1. The molecule has 8 heteroatoms. The summed E-state index contributed by atoms with van der Waals surface area (Å²) in [4.78, 5) is 20.7. The van der Waals surface area contributed by atoms with Gasteiger partial charge in [0.25, 0.3) is 5.91 Å². The summed E-state index contributed by atoms with van der Waals surface area (Å²) in [6, 6.07) is 12.9. The zero-order chi connectivity index (χ0) is 17.2. The fourth-order valence-corrected chi connectivity index (χ4v) is 2.81. The number of carbonyl (C=O) groups excluding carboxylic acids is 1. The van der Waals surface area contributed by atoms with Crippen LogP contribution in [0.5, 0.6) is 0 Å². The number of carbonyl (C=O) groups is 1. The van der Waals surface area contributed by atoms with Crippen molar-refractivity contribution in [2.75, 3.05) is 5.32 Å². The first-order valence-corrected chi connectivity index (χ1v) is 7.87. The highest BCUT2D eigenvalue weighted by atomic mass is 35.5. The molecular formula is C18H14ClN5O2. The molecule has 0 fully saturated rings. The monoisotopic (exact) mass is 367 g/mol. The van der Waals surface area contributed by atoms with Gasteiger partial charge in [-0.1, -0.05) is 12.1 Å². The highest BCUT2D eigenvalue weighted by Gasteiger charge is 2.18. The van der Waals surface area contributed by atoms with Crippen molar-refractivity contribution in [3.05, 3.63) is 72.9 Å². The standard InChI is InChI=1S/C18H12ClN5O.H2O/c19-24-16-4-3-12(13-2-1-7-21-11-13)10-15(16)17(23-24)18(25)22-14-5-8-20-9-6-14;/h1-11H,(H,20,22,25);1H2. The molecule has 3 aromatic heterocycles. The number of nitrogens with one attached hydrogen (secondary N) is 1. The average molecular weight is 368 g/mol. The molecule has 0 saturated heterocycles. The quantitative estimate of drug-likeness (QED) is 0.601. The van der Waals surface area contributed by atoms with Gasteiger partial charge in [0.2, 0.25) is 0 Å². The summed E-state index contributed by atoms with van der Waals surface area (Å²) in [5, 5.41) is 7.63. The van der Waals surface area contributed by atoms with Crippen LogP contribution < -0.4 is 5.32 Å². The first kappa shape index (κ1) is 17.5. The Morgan fingerprint density at radius 3 is 2.54 bits per heavy atom. The highest BCUT2D eigenvalue weighted by molar-refractivity contribution is 6.21. The zero-order valence-electron chi connectivity index (χ0n) is 13.4. The highest BCUT2D eigenvalue weighted by Crippen LogP contribution is 2.27. The van der Waals surface area contributed by atoms with E-state index in [9.17, 15) is 4.79 Å². The number of rotatable bonds is 3. The fraction of sp³-hybridized carbons (Fsp3) is 0. The van der Waals surface area contributed by atoms with Crippen LogP contribution in [-0.2, 0) is 0 Å². The van der Waals surface area contributed by atoms with Gasteiger partial charge in [0.1, 0.15) is 0 Å². The largest absolute Gasteiger partial charge is 0.412 e. The van der Waals surface area contributed by atoms with Gasteiger partial charge < -0.3 is 10.8 Å². The third-order valence-corrected chi connectivity index (χ3v) is 4.04. The molecule has 0 bridgehead atoms. The van der Waals surface area contributed by atoms with Gasteiger partial charge >= 0.3 is 0 Å². The summed E-state index contributed by atoms with van der Waals surface area (Å²) in [5.74, 6) is -0.334. The summed E-state index contributed by atoms with van der Waals surface area (Å²) in [5.41, 5.74) is 3.44. The molecule has 26 heavy (non-hydrogen) atoms.